The Labute approximate surface area is 98.0 Å². The van der Waals surface area contributed by atoms with Crippen LogP contribution in [-0.2, 0) is 14.3 Å². The largest absolute Gasteiger partial charge is 0.464 e. The standard InChI is InChI=1S/C12H23NO3/c1-5-6-7-11(14)16-9-8-13(4)12(15)10(2)3/h10H,5-9H2,1-4H3. The van der Waals surface area contributed by atoms with Crippen molar-refractivity contribution in [2.75, 3.05) is 20.2 Å². The van der Waals surface area contributed by atoms with Gasteiger partial charge in [0.1, 0.15) is 6.61 Å². The Morgan fingerprint density at radius 1 is 1.31 bits per heavy atom. The number of carbonyl (C=O) groups is 2. The molecule has 0 spiro atoms. The highest BCUT2D eigenvalue weighted by Crippen LogP contribution is 2.00. The van der Waals surface area contributed by atoms with Crippen LogP contribution in [0.2, 0.25) is 0 Å². The third-order valence-corrected chi connectivity index (χ3v) is 2.29. The van der Waals surface area contributed by atoms with Gasteiger partial charge >= 0.3 is 5.97 Å². The molecule has 0 aliphatic heterocycles. The van der Waals surface area contributed by atoms with Crippen molar-refractivity contribution < 1.29 is 14.3 Å². The highest BCUT2D eigenvalue weighted by Gasteiger charge is 2.12. The number of nitrogens with zero attached hydrogens (tertiary/aromatic N) is 1. The number of unbranched alkanes of at least 4 members (excludes halogenated alkanes) is 1. The second-order valence-electron chi connectivity index (χ2n) is 4.24. The number of hydrogen-bond donors (Lipinski definition) is 0. The summed E-state index contributed by atoms with van der Waals surface area (Å²) in [4.78, 5) is 24.2. The van der Waals surface area contributed by atoms with Gasteiger partial charge in [0.15, 0.2) is 0 Å². The van der Waals surface area contributed by atoms with E-state index in [0.29, 0.717) is 13.0 Å². The van der Waals surface area contributed by atoms with Crippen LogP contribution in [0, 0.1) is 5.92 Å². The Balaban J connectivity index is 3.65. The quantitative estimate of drug-likeness (QED) is 0.626. The van der Waals surface area contributed by atoms with Crippen molar-refractivity contribution in [3.8, 4) is 0 Å². The molecule has 0 atom stereocenters. The van der Waals surface area contributed by atoms with Gasteiger partial charge in [-0.2, -0.15) is 0 Å². The molecule has 0 N–H and O–H groups in total. The van der Waals surface area contributed by atoms with Gasteiger partial charge in [0.2, 0.25) is 5.91 Å². The molecule has 1 amide bonds. The van der Waals surface area contributed by atoms with Gasteiger partial charge in [0.05, 0.1) is 6.54 Å². The molecule has 0 fully saturated rings. The Morgan fingerprint density at radius 2 is 1.94 bits per heavy atom. The number of hydrogen-bond acceptors (Lipinski definition) is 3. The molecule has 0 saturated heterocycles. The third-order valence-electron chi connectivity index (χ3n) is 2.29. The molecule has 0 heterocycles. The van der Waals surface area contributed by atoms with Crippen LogP contribution in [0.4, 0.5) is 0 Å². The molecule has 4 nitrogen and oxygen atoms in total. The molecule has 0 unspecified atom stereocenters. The molecular weight excluding hydrogens is 206 g/mol. The first-order chi connectivity index (χ1) is 7.49. The summed E-state index contributed by atoms with van der Waals surface area (Å²) in [5, 5.41) is 0. The van der Waals surface area contributed by atoms with Gasteiger partial charge in [-0.3, -0.25) is 9.59 Å². The minimum absolute atomic E-state index is 0.0132. The zero-order valence-electron chi connectivity index (χ0n) is 10.8. The second kappa shape index (κ2) is 8.13. The summed E-state index contributed by atoms with van der Waals surface area (Å²) >= 11 is 0. The Kier molecular flexibility index (Phi) is 7.60. The van der Waals surface area contributed by atoms with Crippen LogP contribution in [0.25, 0.3) is 0 Å². The van der Waals surface area contributed by atoms with Gasteiger partial charge in [0.25, 0.3) is 0 Å². The highest BCUT2D eigenvalue weighted by atomic mass is 16.5. The lowest BCUT2D eigenvalue weighted by Crippen LogP contribution is -2.33. The third kappa shape index (κ3) is 6.43. The van der Waals surface area contributed by atoms with Crippen molar-refractivity contribution >= 4 is 11.9 Å². The number of carbonyl (C=O) groups excluding carboxylic acids is 2. The van der Waals surface area contributed by atoms with Crippen LogP contribution in [0.5, 0.6) is 0 Å². The maximum Gasteiger partial charge on any atom is 0.305 e. The topological polar surface area (TPSA) is 46.6 Å². The molecule has 0 saturated carbocycles. The maximum absolute atomic E-state index is 11.5. The van der Waals surface area contributed by atoms with E-state index in [9.17, 15) is 9.59 Å². The molecule has 0 aromatic heterocycles. The summed E-state index contributed by atoms with van der Waals surface area (Å²) in [5.41, 5.74) is 0. The van der Waals surface area contributed by atoms with E-state index in [1.807, 2.05) is 20.8 Å². The summed E-state index contributed by atoms with van der Waals surface area (Å²) in [6.45, 7) is 6.49. The van der Waals surface area contributed by atoms with Gasteiger partial charge in [-0.25, -0.2) is 0 Å². The minimum atomic E-state index is -0.174. The molecule has 0 bridgehead atoms. The molecule has 0 rings (SSSR count). The molecule has 0 aliphatic rings. The summed E-state index contributed by atoms with van der Waals surface area (Å²) in [6, 6.07) is 0. The van der Waals surface area contributed by atoms with E-state index in [4.69, 9.17) is 4.74 Å². The summed E-state index contributed by atoms with van der Waals surface area (Å²) in [6.07, 6.45) is 2.32. The molecule has 0 aliphatic carbocycles. The van der Waals surface area contributed by atoms with Gasteiger partial charge < -0.3 is 9.64 Å². The molecule has 94 valence electrons. The normalized spacial score (nSPS) is 10.3. The number of amides is 1. The van der Waals surface area contributed by atoms with Crippen LogP contribution < -0.4 is 0 Å². The van der Waals surface area contributed by atoms with Crippen molar-refractivity contribution in [2.24, 2.45) is 5.92 Å². The summed E-state index contributed by atoms with van der Waals surface area (Å²) < 4.78 is 5.01. The fourth-order valence-corrected chi connectivity index (χ4v) is 1.24. The summed E-state index contributed by atoms with van der Waals surface area (Å²) in [5.74, 6) is -0.113. The lowest BCUT2D eigenvalue weighted by molar-refractivity contribution is -0.146. The van der Waals surface area contributed by atoms with Crippen molar-refractivity contribution in [1.29, 1.82) is 0 Å². The van der Waals surface area contributed by atoms with Crippen molar-refractivity contribution in [2.45, 2.75) is 40.0 Å². The van der Waals surface area contributed by atoms with Gasteiger partial charge in [-0.05, 0) is 6.42 Å². The smallest absolute Gasteiger partial charge is 0.305 e. The first-order valence-corrected chi connectivity index (χ1v) is 5.89. The van der Waals surface area contributed by atoms with E-state index in [2.05, 4.69) is 0 Å². The predicted molar refractivity (Wildman–Crippen MR) is 63.0 cm³/mol. The molecule has 0 aromatic carbocycles. The molecular formula is C12H23NO3. The van der Waals surface area contributed by atoms with E-state index >= 15 is 0 Å². The lowest BCUT2D eigenvalue weighted by Gasteiger charge is -2.19. The number of rotatable bonds is 7. The average Bonchev–Trinajstić information content (AvgIpc) is 2.24. The zero-order chi connectivity index (χ0) is 12.6. The number of esters is 1. The van der Waals surface area contributed by atoms with Crippen LogP contribution in [0.15, 0.2) is 0 Å². The van der Waals surface area contributed by atoms with Crippen LogP contribution in [-0.4, -0.2) is 37.0 Å². The zero-order valence-corrected chi connectivity index (χ0v) is 10.8. The van der Waals surface area contributed by atoms with E-state index in [1.54, 1.807) is 11.9 Å². The summed E-state index contributed by atoms with van der Waals surface area (Å²) in [7, 11) is 1.72. The number of ether oxygens (including phenoxy) is 1. The molecule has 0 radical (unpaired) electrons. The molecule has 0 aromatic rings. The van der Waals surface area contributed by atoms with E-state index in [0.717, 1.165) is 12.8 Å². The SMILES string of the molecule is CCCCC(=O)OCCN(C)C(=O)C(C)C. The van der Waals surface area contributed by atoms with Gasteiger partial charge in [-0.1, -0.05) is 27.2 Å². The van der Waals surface area contributed by atoms with Crippen LogP contribution in [0.1, 0.15) is 40.0 Å². The number of likely N-dealkylation sites (N-methyl/N-ethyl adjacent to an activating group) is 1. The van der Waals surface area contributed by atoms with E-state index in [1.165, 1.54) is 0 Å². The van der Waals surface area contributed by atoms with Gasteiger partial charge in [0, 0.05) is 19.4 Å². The Bertz CT molecular complexity index is 226. The minimum Gasteiger partial charge on any atom is -0.464 e. The van der Waals surface area contributed by atoms with Crippen molar-refractivity contribution in [3.05, 3.63) is 0 Å². The van der Waals surface area contributed by atoms with Crippen molar-refractivity contribution in [3.63, 3.8) is 0 Å². The molecule has 16 heavy (non-hydrogen) atoms. The van der Waals surface area contributed by atoms with Gasteiger partial charge in [-0.15, -0.1) is 0 Å². The monoisotopic (exact) mass is 229 g/mol. The average molecular weight is 229 g/mol. The highest BCUT2D eigenvalue weighted by molar-refractivity contribution is 5.77. The Morgan fingerprint density at radius 3 is 2.44 bits per heavy atom. The Hall–Kier alpha value is -1.06. The second-order valence-corrected chi connectivity index (χ2v) is 4.24. The fourth-order valence-electron chi connectivity index (χ4n) is 1.24. The maximum atomic E-state index is 11.5. The predicted octanol–water partition coefficient (Wildman–Crippen LogP) is 1.83. The lowest BCUT2D eigenvalue weighted by atomic mass is 10.2. The first-order valence-electron chi connectivity index (χ1n) is 5.89. The van der Waals surface area contributed by atoms with E-state index < -0.39 is 0 Å². The van der Waals surface area contributed by atoms with Crippen LogP contribution in [0.3, 0.4) is 0 Å². The molecule has 4 heteroatoms. The van der Waals surface area contributed by atoms with E-state index in [-0.39, 0.29) is 24.4 Å². The van der Waals surface area contributed by atoms with Crippen LogP contribution >= 0.6 is 0 Å². The fraction of sp³-hybridized carbons (Fsp3) is 0.833. The van der Waals surface area contributed by atoms with Crippen molar-refractivity contribution in [1.82, 2.24) is 4.90 Å². The first kappa shape index (κ1) is 14.9.